The van der Waals surface area contributed by atoms with Crippen LogP contribution in [0.3, 0.4) is 0 Å². The van der Waals surface area contributed by atoms with Gasteiger partial charge < -0.3 is 14.0 Å². The van der Waals surface area contributed by atoms with Gasteiger partial charge in [-0.15, -0.1) is 0 Å². The Balaban J connectivity index is 1.45. The van der Waals surface area contributed by atoms with Gasteiger partial charge in [0.1, 0.15) is 0 Å². The number of hydrogen-bond acceptors (Lipinski definition) is 4. The molecule has 0 saturated carbocycles. The molecule has 1 N–H and O–H groups in total. The molecular formula is C22H19Cl2N3O3. The Morgan fingerprint density at radius 3 is 2.77 bits per heavy atom. The molecule has 154 valence electrons. The fourth-order valence-electron chi connectivity index (χ4n) is 3.40. The van der Waals surface area contributed by atoms with Crippen molar-refractivity contribution in [2.45, 2.75) is 20.3 Å². The predicted molar refractivity (Wildman–Crippen MR) is 117 cm³/mol. The lowest BCUT2D eigenvalue weighted by atomic mass is 10.1. The number of aryl methyl sites for hydroxylation is 1. The van der Waals surface area contributed by atoms with Gasteiger partial charge in [-0.3, -0.25) is 4.79 Å². The van der Waals surface area contributed by atoms with E-state index in [4.69, 9.17) is 32.7 Å². The number of aromatic nitrogens is 1. The maximum atomic E-state index is 12.2. The number of hydrazone groups is 1. The van der Waals surface area contributed by atoms with E-state index in [1.807, 2.05) is 36.6 Å². The van der Waals surface area contributed by atoms with Gasteiger partial charge in [0.2, 0.25) is 12.7 Å². The van der Waals surface area contributed by atoms with E-state index in [1.54, 1.807) is 30.5 Å². The van der Waals surface area contributed by atoms with Crippen molar-refractivity contribution in [3.63, 3.8) is 0 Å². The molecular weight excluding hydrogens is 425 g/mol. The van der Waals surface area contributed by atoms with Crippen LogP contribution in [0.2, 0.25) is 10.0 Å². The molecule has 2 aromatic carbocycles. The highest BCUT2D eigenvalue weighted by molar-refractivity contribution is 6.34. The van der Waals surface area contributed by atoms with Crippen LogP contribution in [0.5, 0.6) is 11.5 Å². The van der Waals surface area contributed by atoms with Gasteiger partial charge >= 0.3 is 0 Å². The highest BCUT2D eigenvalue weighted by atomic mass is 35.5. The number of hydrogen-bond donors (Lipinski definition) is 1. The minimum Gasteiger partial charge on any atom is -0.454 e. The minimum absolute atomic E-state index is 0.186. The van der Waals surface area contributed by atoms with Crippen molar-refractivity contribution in [1.29, 1.82) is 0 Å². The van der Waals surface area contributed by atoms with E-state index in [0.717, 1.165) is 28.2 Å². The van der Waals surface area contributed by atoms with E-state index in [-0.39, 0.29) is 19.1 Å². The van der Waals surface area contributed by atoms with Crippen molar-refractivity contribution in [1.82, 2.24) is 9.99 Å². The zero-order valence-electron chi connectivity index (χ0n) is 16.4. The van der Waals surface area contributed by atoms with E-state index in [9.17, 15) is 4.79 Å². The molecule has 0 fully saturated rings. The van der Waals surface area contributed by atoms with Gasteiger partial charge in [0.05, 0.1) is 23.3 Å². The SMILES string of the molecule is Cc1cc(/C=N\NC(=O)Cc2ccc3c(c2)OCO3)c(C)n1-c1cc(Cl)ccc1Cl. The Morgan fingerprint density at radius 2 is 1.93 bits per heavy atom. The monoisotopic (exact) mass is 443 g/mol. The third-order valence-electron chi connectivity index (χ3n) is 4.81. The Morgan fingerprint density at radius 1 is 1.13 bits per heavy atom. The summed E-state index contributed by atoms with van der Waals surface area (Å²) >= 11 is 12.5. The zero-order chi connectivity index (χ0) is 21.3. The second-order valence-corrected chi connectivity index (χ2v) is 7.76. The van der Waals surface area contributed by atoms with E-state index >= 15 is 0 Å². The first-order chi connectivity index (χ1) is 14.4. The lowest BCUT2D eigenvalue weighted by Gasteiger charge is -2.12. The van der Waals surface area contributed by atoms with Crippen LogP contribution in [0, 0.1) is 13.8 Å². The van der Waals surface area contributed by atoms with Crippen molar-refractivity contribution in [2.24, 2.45) is 5.10 Å². The second-order valence-electron chi connectivity index (χ2n) is 6.92. The molecule has 1 aromatic heterocycles. The quantitative estimate of drug-likeness (QED) is 0.453. The first kappa shape index (κ1) is 20.3. The van der Waals surface area contributed by atoms with E-state index < -0.39 is 0 Å². The molecule has 0 atom stereocenters. The average molecular weight is 444 g/mol. The highest BCUT2D eigenvalue weighted by Gasteiger charge is 2.15. The first-order valence-corrected chi connectivity index (χ1v) is 10.0. The summed E-state index contributed by atoms with van der Waals surface area (Å²) in [7, 11) is 0. The summed E-state index contributed by atoms with van der Waals surface area (Å²) in [6.45, 7) is 4.13. The number of benzene rings is 2. The van der Waals surface area contributed by atoms with Gasteiger partial charge in [-0.2, -0.15) is 5.10 Å². The lowest BCUT2D eigenvalue weighted by molar-refractivity contribution is -0.120. The van der Waals surface area contributed by atoms with Crippen molar-refractivity contribution >= 4 is 35.3 Å². The molecule has 0 unspecified atom stereocenters. The molecule has 0 saturated heterocycles. The number of carbonyl (C=O) groups excluding carboxylic acids is 1. The Labute approximate surface area is 184 Å². The largest absolute Gasteiger partial charge is 0.454 e. The number of rotatable bonds is 5. The van der Waals surface area contributed by atoms with Gasteiger partial charge in [0.15, 0.2) is 11.5 Å². The molecule has 6 nitrogen and oxygen atoms in total. The van der Waals surface area contributed by atoms with Crippen LogP contribution in [0.4, 0.5) is 0 Å². The van der Waals surface area contributed by atoms with Gasteiger partial charge in [-0.25, -0.2) is 5.43 Å². The van der Waals surface area contributed by atoms with Gasteiger partial charge in [0.25, 0.3) is 0 Å². The third-order valence-corrected chi connectivity index (χ3v) is 5.37. The zero-order valence-corrected chi connectivity index (χ0v) is 17.9. The third kappa shape index (κ3) is 4.15. The van der Waals surface area contributed by atoms with E-state index in [2.05, 4.69) is 10.5 Å². The first-order valence-electron chi connectivity index (χ1n) is 9.27. The Kier molecular flexibility index (Phi) is 5.70. The molecule has 8 heteroatoms. The number of amides is 1. The predicted octanol–water partition coefficient (Wildman–Crippen LogP) is 4.82. The molecule has 0 aliphatic carbocycles. The maximum absolute atomic E-state index is 12.2. The highest BCUT2D eigenvalue weighted by Crippen LogP contribution is 2.32. The Hall–Kier alpha value is -2.96. The van der Waals surface area contributed by atoms with Gasteiger partial charge in [-0.05, 0) is 55.8 Å². The van der Waals surface area contributed by atoms with E-state index in [0.29, 0.717) is 21.5 Å². The number of nitrogens with zero attached hydrogens (tertiary/aromatic N) is 2. The summed E-state index contributed by atoms with van der Waals surface area (Å²) in [5.41, 5.74) is 6.96. The number of nitrogens with one attached hydrogen (secondary N) is 1. The normalized spacial score (nSPS) is 12.5. The molecule has 0 bridgehead atoms. The van der Waals surface area contributed by atoms with Crippen LogP contribution < -0.4 is 14.9 Å². The van der Waals surface area contributed by atoms with Crippen molar-refractivity contribution < 1.29 is 14.3 Å². The standard InChI is InChI=1S/C22H19Cl2N3O3/c1-13-7-16(14(2)27(13)19-10-17(23)4-5-18(19)24)11-25-26-22(28)9-15-3-6-20-21(8-15)30-12-29-20/h3-8,10-11H,9,12H2,1-2H3,(H,26,28)/b25-11-. The van der Waals surface area contributed by atoms with Crippen molar-refractivity contribution in [3.8, 4) is 17.2 Å². The molecule has 1 amide bonds. The number of fused-ring (bicyclic) bond motifs is 1. The van der Waals surface area contributed by atoms with E-state index in [1.165, 1.54) is 0 Å². The maximum Gasteiger partial charge on any atom is 0.244 e. The molecule has 1 aliphatic heterocycles. The molecule has 0 spiro atoms. The molecule has 0 radical (unpaired) electrons. The number of halogens is 2. The molecule has 1 aliphatic rings. The average Bonchev–Trinajstić information content (AvgIpc) is 3.28. The fraction of sp³-hybridized carbons (Fsp3) is 0.182. The van der Waals surface area contributed by atoms with Crippen LogP contribution in [0.25, 0.3) is 5.69 Å². The number of carbonyl (C=O) groups is 1. The summed E-state index contributed by atoms with van der Waals surface area (Å²) in [4.78, 5) is 12.2. The molecule has 3 aromatic rings. The smallest absolute Gasteiger partial charge is 0.244 e. The van der Waals surface area contributed by atoms with Gasteiger partial charge in [0, 0.05) is 22.0 Å². The molecule has 4 rings (SSSR count). The minimum atomic E-state index is -0.225. The second kappa shape index (κ2) is 8.42. The van der Waals surface area contributed by atoms with Crippen LogP contribution >= 0.6 is 23.2 Å². The van der Waals surface area contributed by atoms with Crippen molar-refractivity contribution in [2.75, 3.05) is 6.79 Å². The van der Waals surface area contributed by atoms with Crippen LogP contribution in [0.1, 0.15) is 22.5 Å². The van der Waals surface area contributed by atoms with Gasteiger partial charge in [-0.1, -0.05) is 29.3 Å². The van der Waals surface area contributed by atoms with Crippen LogP contribution in [-0.2, 0) is 11.2 Å². The molecule has 30 heavy (non-hydrogen) atoms. The fourth-order valence-corrected chi connectivity index (χ4v) is 3.76. The lowest BCUT2D eigenvalue weighted by Crippen LogP contribution is -2.19. The summed E-state index contributed by atoms with van der Waals surface area (Å²) in [5, 5.41) is 5.31. The summed E-state index contributed by atoms with van der Waals surface area (Å²) in [6, 6.07) is 12.7. The summed E-state index contributed by atoms with van der Waals surface area (Å²) < 4.78 is 12.6. The summed E-state index contributed by atoms with van der Waals surface area (Å²) in [6.07, 6.45) is 1.81. The van der Waals surface area contributed by atoms with Crippen LogP contribution in [-0.4, -0.2) is 23.5 Å². The topological polar surface area (TPSA) is 64.8 Å². The summed E-state index contributed by atoms with van der Waals surface area (Å²) in [5.74, 6) is 1.11. The van der Waals surface area contributed by atoms with Crippen molar-refractivity contribution in [3.05, 3.63) is 75.0 Å². The van der Waals surface area contributed by atoms with Crippen LogP contribution in [0.15, 0.2) is 47.6 Å². The Bertz CT molecular complexity index is 1150. The number of ether oxygens (including phenoxy) is 2. The molecule has 2 heterocycles.